The van der Waals surface area contributed by atoms with Crippen LogP contribution in [-0.2, 0) is 6.54 Å². The number of imidazole rings is 1. The quantitative estimate of drug-likeness (QED) is 0.716. The first kappa shape index (κ1) is 7.85. The summed E-state index contributed by atoms with van der Waals surface area (Å²) in [6.07, 6.45) is 3.71. The normalized spacial score (nSPS) is 10.8. The average molecular weight is 178 g/mol. The first-order valence-electron chi connectivity index (χ1n) is 4.06. The fraction of sp³-hybridized carbons (Fsp3) is 0.250. The molecule has 2 aromatic heterocycles. The van der Waals surface area contributed by atoms with Crippen molar-refractivity contribution >= 4 is 11.6 Å². The molecule has 0 radical (unpaired) electrons. The SMILES string of the molecule is CCn1ccn2nc(C(N)=O)cc12. The van der Waals surface area contributed by atoms with Crippen LogP contribution in [0.5, 0.6) is 0 Å². The molecule has 5 heteroatoms. The van der Waals surface area contributed by atoms with Gasteiger partial charge in [-0.3, -0.25) is 4.79 Å². The van der Waals surface area contributed by atoms with Crippen LogP contribution in [-0.4, -0.2) is 20.1 Å². The molecule has 0 saturated carbocycles. The van der Waals surface area contributed by atoms with E-state index in [1.807, 2.05) is 17.7 Å². The standard InChI is InChI=1S/C8H10N4O/c1-2-11-3-4-12-7(11)5-6(10-12)8(9)13/h3-5H,2H2,1H3,(H2,9,13). The number of aryl methyl sites for hydroxylation is 1. The molecule has 68 valence electrons. The molecule has 0 bridgehead atoms. The van der Waals surface area contributed by atoms with Gasteiger partial charge in [-0.2, -0.15) is 5.10 Å². The third-order valence-corrected chi connectivity index (χ3v) is 1.99. The molecule has 5 nitrogen and oxygen atoms in total. The van der Waals surface area contributed by atoms with Crippen LogP contribution in [0.15, 0.2) is 18.5 Å². The molecule has 0 aliphatic rings. The van der Waals surface area contributed by atoms with Crippen molar-refractivity contribution in [2.75, 3.05) is 0 Å². The predicted octanol–water partition coefficient (Wildman–Crippen LogP) is 0.255. The number of nitrogens with zero attached hydrogens (tertiary/aromatic N) is 3. The smallest absolute Gasteiger partial charge is 0.269 e. The summed E-state index contributed by atoms with van der Waals surface area (Å²) in [5.41, 5.74) is 6.29. The first-order valence-corrected chi connectivity index (χ1v) is 4.06. The molecule has 1 amide bonds. The van der Waals surface area contributed by atoms with Gasteiger partial charge in [0.05, 0.1) is 0 Å². The minimum absolute atomic E-state index is 0.304. The number of carbonyl (C=O) groups excluding carboxylic acids is 1. The highest BCUT2D eigenvalue weighted by molar-refractivity contribution is 5.91. The second-order valence-electron chi connectivity index (χ2n) is 2.78. The van der Waals surface area contributed by atoms with Gasteiger partial charge in [-0.1, -0.05) is 0 Å². The summed E-state index contributed by atoms with van der Waals surface area (Å²) < 4.78 is 3.63. The Bertz CT molecular complexity index is 454. The Morgan fingerprint density at radius 1 is 1.62 bits per heavy atom. The van der Waals surface area contributed by atoms with E-state index in [1.165, 1.54) is 0 Å². The lowest BCUT2D eigenvalue weighted by Gasteiger charge is -1.93. The van der Waals surface area contributed by atoms with E-state index >= 15 is 0 Å². The molecule has 0 aliphatic carbocycles. The van der Waals surface area contributed by atoms with Crippen LogP contribution >= 0.6 is 0 Å². The van der Waals surface area contributed by atoms with Crippen LogP contribution in [0.25, 0.3) is 5.65 Å². The van der Waals surface area contributed by atoms with Gasteiger partial charge in [0.2, 0.25) is 0 Å². The zero-order valence-electron chi connectivity index (χ0n) is 7.27. The molecule has 0 aromatic carbocycles. The summed E-state index contributed by atoms with van der Waals surface area (Å²) in [5, 5.41) is 4.00. The Morgan fingerprint density at radius 2 is 2.38 bits per heavy atom. The van der Waals surface area contributed by atoms with Crippen molar-refractivity contribution in [3.05, 3.63) is 24.2 Å². The molecule has 2 rings (SSSR count). The van der Waals surface area contributed by atoms with Gasteiger partial charge in [0, 0.05) is 25.0 Å². The van der Waals surface area contributed by atoms with E-state index in [0.717, 1.165) is 12.2 Å². The monoisotopic (exact) mass is 178 g/mol. The molecule has 0 fully saturated rings. The molecular weight excluding hydrogens is 168 g/mol. The van der Waals surface area contributed by atoms with Crippen LogP contribution in [0.2, 0.25) is 0 Å². The third-order valence-electron chi connectivity index (χ3n) is 1.99. The molecule has 0 aliphatic heterocycles. The number of carbonyl (C=O) groups is 1. The van der Waals surface area contributed by atoms with Gasteiger partial charge < -0.3 is 10.3 Å². The molecule has 0 saturated heterocycles. The molecule has 13 heavy (non-hydrogen) atoms. The van der Waals surface area contributed by atoms with Crippen LogP contribution in [0.4, 0.5) is 0 Å². The van der Waals surface area contributed by atoms with Gasteiger partial charge in [0.15, 0.2) is 5.69 Å². The van der Waals surface area contributed by atoms with Crippen molar-refractivity contribution in [3.8, 4) is 0 Å². The predicted molar refractivity (Wildman–Crippen MR) is 47.4 cm³/mol. The Hall–Kier alpha value is -1.78. The van der Waals surface area contributed by atoms with Crippen molar-refractivity contribution < 1.29 is 4.79 Å². The van der Waals surface area contributed by atoms with E-state index < -0.39 is 5.91 Å². The van der Waals surface area contributed by atoms with Gasteiger partial charge in [0.1, 0.15) is 5.65 Å². The van der Waals surface area contributed by atoms with Gasteiger partial charge in [-0.15, -0.1) is 0 Å². The van der Waals surface area contributed by atoms with E-state index in [0.29, 0.717) is 5.69 Å². The van der Waals surface area contributed by atoms with Crippen LogP contribution in [0.1, 0.15) is 17.4 Å². The highest BCUT2D eigenvalue weighted by Gasteiger charge is 2.08. The molecule has 2 N–H and O–H groups in total. The van der Waals surface area contributed by atoms with E-state index in [9.17, 15) is 4.79 Å². The Kier molecular flexibility index (Phi) is 1.58. The topological polar surface area (TPSA) is 65.3 Å². The molecule has 0 atom stereocenters. The highest BCUT2D eigenvalue weighted by Crippen LogP contribution is 2.07. The average Bonchev–Trinajstić information content (AvgIpc) is 2.60. The number of nitrogens with two attached hydrogens (primary N) is 1. The van der Waals surface area contributed by atoms with Gasteiger partial charge >= 0.3 is 0 Å². The summed E-state index contributed by atoms with van der Waals surface area (Å²) in [6, 6.07) is 1.69. The van der Waals surface area contributed by atoms with Crippen molar-refractivity contribution in [1.29, 1.82) is 0 Å². The second-order valence-corrected chi connectivity index (χ2v) is 2.78. The Labute approximate surface area is 74.8 Å². The van der Waals surface area contributed by atoms with E-state index in [1.54, 1.807) is 16.8 Å². The third kappa shape index (κ3) is 1.09. The summed E-state index contributed by atoms with van der Waals surface area (Å²) in [4.78, 5) is 10.8. The van der Waals surface area contributed by atoms with E-state index in [2.05, 4.69) is 5.10 Å². The lowest BCUT2D eigenvalue weighted by Crippen LogP contribution is -2.11. The van der Waals surface area contributed by atoms with E-state index in [4.69, 9.17) is 5.73 Å². The number of hydrogen-bond acceptors (Lipinski definition) is 2. The molecule has 2 aromatic rings. The minimum atomic E-state index is -0.494. The number of fused-ring (bicyclic) bond motifs is 1. The van der Waals surface area contributed by atoms with E-state index in [-0.39, 0.29) is 0 Å². The van der Waals surface area contributed by atoms with Gasteiger partial charge in [0.25, 0.3) is 5.91 Å². The van der Waals surface area contributed by atoms with Crippen molar-refractivity contribution in [2.45, 2.75) is 13.5 Å². The second kappa shape index (κ2) is 2.62. The van der Waals surface area contributed by atoms with Crippen LogP contribution < -0.4 is 5.73 Å². The number of hydrogen-bond donors (Lipinski definition) is 1. The number of rotatable bonds is 2. The van der Waals surface area contributed by atoms with Crippen molar-refractivity contribution in [3.63, 3.8) is 0 Å². The summed E-state index contributed by atoms with van der Waals surface area (Å²) in [6.45, 7) is 2.87. The van der Waals surface area contributed by atoms with Gasteiger partial charge in [-0.05, 0) is 6.92 Å². The van der Waals surface area contributed by atoms with Crippen molar-refractivity contribution in [2.24, 2.45) is 5.73 Å². The Balaban J connectivity index is 2.63. The number of amides is 1. The lowest BCUT2D eigenvalue weighted by molar-refractivity contribution is 0.0995. The van der Waals surface area contributed by atoms with Crippen LogP contribution in [0.3, 0.4) is 0 Å². The largest absolute Gasteiger partial charge is 0.364 e. The Morgan fingerprint density at radius 3 is 3.00 bits per heavy atom. The maximum atomic E-state index is 10.8. The zero-order valence-corrected chi connectivity index (χ0v) is 7.27. The minimum Gasteiger partial charge on any atom is -0.364 e. The number of aromatic nitrogens is 3. The maximum Gasteiger partial charge on any atom is 0.269 e. The fourth-order valence-electron chi connectivity index (χ4n) is 1.32. The summed E-state index contributed by atoms with van der Waals surface area (Å²) in [5.74, 6) is -0.494. The molecular formula is C8H10N4O. The fourth-order valence-corrected chi connectivity index (χ4v) is 1.32. The summed E-state index contributed by atoms with van der Waals surface area (Å²) >= 11 is 0. The maximum absolute atomic E-state index is 10.8. The zero-order chi connectivity index (χ0) is 9.42. The van der Waals surface area contributed by atoms with Gasteiger partial charge in [-0.25, -0.2) is 4.52 Å². The molecule has 0 unspecified atom stereocenters. The van der Waals surface area contributed by atoms with Crippen molar-refractivity contribution in [1.82, 2.24) is 14.2 Å². The molecule has 0 spiro atoms. The number of primary amides is 1. The summed E-state index contributed by atoms with van der Waals surface area (Å²) in [7, 11) is 0. The first-order chi connectivity index (χ1) is 6.22. The lowest BCUT2D eigenvalue weighted by atomic mass is 10.4. The molecule has 2 heterocycles. The highest BCUT2D eigenvalue weighted by atomic mass is 16.1. The van der Waals surface area contributed by atoms with Crippen LogP contribution in [0, 0.1) is 0 Å².